The van der Waals surface area contributed by atoms with Crippen molar-refractivity contribution < 1.29 is 9.47 Å². The molecule has 1 N–H and O–H groups in total. The van der Waals surface area contributed by atoms with Gasteiger partial charge in [0.15, 0.2) is 0 Å². The third-order valence-electron chi connectivity index (χ3n) is 2.91. The summed E-state index contributed by atoms with van der Waals surface area (Å²) in [5, 5.41) is 5.90. The van der Waals surface area contributed by atoms with Crippen LogP contribution >= 0.6 is 22.9 Å². The molecule has 1 heterocycles. The quantitative estimate of drug-likeness (QED) is 0.912. The van der Waals surface area contributed by atoms with E-state index in [0.717, 1.165) is 11.3 Å². The largest absolute Gasteiger partial charge is 0.496 e. The van der Waals surface area contributed by atoms with Crippen molar-refractivity contribution in [2.45, 2.75) is 6.04 Å². The first-order valence-electron chi connectivity index (χ1n) is 5.82. The van der Waals surface area contributed by atoms with Gasteiger partial charge in [0.2, 0.25) is 0 Å². The third kappa shape index (κ3) is 3.03. The molecule has 0 saturated carbocycles. The zero-order valence-electron chi connectivity index (χ0n) is 11.1. The molecule has 0 aliphatic rings. The molecule has 3 nitrogen and oxygen atoms in total. The first-order valence-corrected chi connectivity index (χ1v) is 7.08. The van der Waals surface area contributed by atoms with E-state index < -0.39 is 0 Å². The Morgan fingerprint density at radius 2 is 2.00 bits per heavy atom. The van der Waals surface area contributed by atoms with Crippen LogP contribution < -0.4 is 14.8 Å². The average Bonchev–Trinajstić information content (AvgIpc) is 2.88. The molecule has 102 valence electrons. The lowest BCUT2D eigenvalue weighted by Gasteiger charge is -2.16. The highest BCUT2D eigenvalue weighted by atomic mass is 35.5. The van der Waals surface area contributed by atoms with Gasteiger partial charge in [-0.1, -0.05) is 17.7 Å². The maximum absolute atomic E-state index is 6.18. The van der Waals surface area contributed by atoms with Crippen molar-refractivity contribution in [1.29, 1.82) is 0 Å². The average molecular weight is 298 g/mol. The number of nitrogens with one attached hydrogen (secondary N) is 1. The Labute approximate surface area is 122 Å². The van der Waals surface area contributed by atoms with Gasteiger partial charge < -0.3 is 14.8 Å². The van der Waals surface area contributed by atoms with E-state index >= 15 is 0 Å². The molecule has 0 aliphatic heterocycles. The molecule has 0 saturated heterocycles. The van der Waals surface area contributed by atoms with E-state index in [1.807, 2.05) is 36.7 Å². The molecule has 2 aromatic rings. The number of hydrogen-bond acceptors (Lipinski definition) is 4. The highest BCUT2D eigenvalue weighted by Crippen LogP contribution is 2.34. The second-order valence-corrected chi connectivity index (χ2v) is 5.35. The minimum absolute atomic E-state index is 0.0947. The van der Waals surface area contributed by atoms with E-state index in [0.29, 0.717) is 10.8 Å². The molecule has 0 amide bonds. The molecule has 0 spiro atoms. The fourth-order valence-corrected chi connectivity index (χ4v) is 3.19. The van der Waals surface area contributed by atoms with E-state index in [4.69, 9.17) is 21.1 Å². The zero-order chi connectivity index (χ0) is 13.8. The Hall–Kier alpha value is -1.23. The van der Waals surface area contributed by atoms with Gasteiger partial charge in [-0.15, -0.1) is 11.3 Å². The fraction of sp³-hybridized carbons (Fsp3) is 0.286. The molecular formula is C14H16ClNO2S. The normalized spacial score (nSPS) is 12.2. The van der Waals surface area contributed by atoms with Crippen LogP contribution in [0.25, 0.3) is 0 Å². The summed E-state index contributed by atoms with van der Waals surface area (Å²) in [6.45, 7) is 0. The van der Waals surface area contributed by atoms with Crippen LogP contribution in [-0.2, 0) is 0 Å². The lowest BCUT2D eigenvalue weighted by molar-refractivity contribution is 0.414. The minimum Gasteiger partial charge on any atom is -0.496 e. The van der Waals surface area contributed by atoms with Crippen molar-refractivity contribution in [2.75, 3.05) is 21.3 Å². The van der Waals surface area contributed by atoms with Crippen molar-refractivity contribution >= 4 is 22.9 Å². The number of thiophene rings is 1. The van der Waals surface area contributed by atoms with Gasteiger partial charge in [0, 0.05) is 10.3 Å². The van der Waals surface area contributed by atoms with Gasteiger partial charge >= 0.3 is 0 Å². The Kier molecular flexibility index (Phi) is 4.69. The Morgan fingerprint density at radius 1 is 1.21 bits per heavy atom. The predicted molar refractivity (Wildman–Crippen MR) is 79.8 cm³/mol. The van der Waals surface area contributed by atoms with Crippen LogP contribution in [0.15, 0.2) is 29.6 Å². The second kappa shape index (κ2) is 6.28. The van der Waals surface area contributed by atoms with Gasteiger partial charge in [0.25, 0.3) is 0 Å². The van der Waals surface area contributed by atoms with Crippen LogP contribution in [0, 0.1) is 0 Å². The van der Waals surface area contributed by atoms with Crippen LogP contribution in [0.4, 0.5) is 0 Å². The van der Waals surface area contributed by atoms with Gasteiger partial charge in [-0.2, -0.15) is 0 Å². The van der Waals surface area contributed by atoms with Gasteiger partial charge in [0.05, 0.1) is 25.3 Å². The molecule has 19 heavy (non-hydrogen) atoms. The standard InChI is InChI=1S/C14H16ClNO2S/c1-16-14(13-7-10(17-2)8-19-13)9-4-5-12(18-3)11(15)6-9/h4-8,14,16H,1-3H3. The van der Waals surface area contributed by atoms with Crippen LogP contribution in [0.1, 0.15) is 16.5 Å². The Morgan fingerprint density at radius 3 is 2.53 bits per heavy atom. The van der Waals surface area contributed by atoms with E-state index in [-0.39, 0.29) is 6.04 Å². The number of rotatable bonds is 5. The minimum atomic E-state index is 0.0947. The number of methoxy groups -OCH3 is 2. The lowest BCUT2D eigenvalue weighted by Crippen LogP contribution is -2.16. The summed E-state index contributed by atoms with van der Waals surface area (Å²) in [5.41, 5.74) is 1.10. The molecule has 0 radical (unpaired) electrons. The van der Waals surface area contributed by atoms with Crippen LogP contribution in [0.3, 0.4) is 0 Å². The van der Waals surface area contributed by atoms with Gasteiger partial charge in [-0.3, -0.25) is 0 Å². The van der Waals surface area contributed by atoms with Gasteiger partial charge in [-0.25, -0.2) is 0 Å². The molecule has 1 unspecified atom stereocenters. The van der Waals surface area contributed by atoms with Crippen molar-refractivity contribution in [3.63, 3.8) is 0 Å². The molecule has 2 rings (SSSR count). The summed E-state index contributed by atoms with van der Waals surface area (Å²) in [6, 6.07) is 7.94. The maximum Gasteiger partial charge on any atom is 0.137 e. The van der Waals surface area contributed by atoms with Crippen LogP contribution in [0.5, 0.6) is 11.5 Å². The van der Waals surface area contributed by atoms with Crippen LogP contribution in [0.2, 0.25) is 5.02 Å². The molecule has 1 aromatic carbocycles. The first-order chi connectivity index (χ1) is 9.19. The van der Waals surface area contributed by atoms with Crippen molar-refractivity contribution in [3.8, 4) is 11.5 Å². The summed E-state index contributed by atoms with van der Waals surface area (Å²) in [5.74, 6) is 1.56. The van der Waals surface area contributed by atoms with Crippen molar-refractivity contribution in [2.24, 2.45) is 0 Å². The first kappa shape index (κ1) is 14.2. The highest BCUT2D eigenvalue weighted by molar-refractivity contribution is 7.10. The summed E-state index contributed by atoms with van der Waals surface area (Å²) < 4.78 is 10.4. The van der Waals surface area contributed by atoms with E-state index in [9.17, 15) is 0 Å². The van der Waals surface area contributed by atoms with E-state index in [1.54, 1.807) is 25.6 Å². The molecular weight excluding hydrogens is 282 g/mol. The summed E-state index contributed by atoms with van der Waals surface area (Å²) in [6.07, 6.45) is 0. The van der Waals surface area contributed by atoms with E-state index in [2.05, 4.69) is 5.32 Å². The monoisotopic (exact) mass is 297 g/mol. The number of benzene rings is 1. The zero-order valence-corrected chi connectivity index (χ0v) is 12.6. The smallest absolute Gasteiger partial charge is 0.137 e. The van der Waals surface area contributed by atoms with Crippen LogP contribution in [-0.4, -0.2) is 21.3 Å². The van der Waals surface area contributed by atoms with E-state index in [1.165, 1.54) is 4.88 Å². The summed E-state index contributed by atoms with van der Waals surface area (Å²) in [7, 11) is 5.21. The maximum atomic E-state index is 6.18. The number of ether oxygens (including phenoxy) is 2. The molecule has 0 fully saturated rings. The number of halogens is 1. The second-order valence-electron chi connectivity index (χ2n) is 4.00. The predicted octanol–water partition coefficient (Wildman–Crippen LogP) is 3.73. The lowest BCUT2D eigenvalue weighted by atomic mass is 10.1. The van der Waals surface area contributed by atoms with Crippen molar-refractivity contribution in [1.82, 2.24) is 5.32 Å². The molecule has 1 atom stereocenters. The highest BCUT2D eigenvalue weighted by Gasteiger charge is 2.16. The summed E-state index contributed by atoms with van der Waals surface area (Å²) >= 11 is 7.83. The molecule has 0 bridgehead atoms. The van der Waals surface area contributed by atoms with Gasteiger partial charge in [-0.05, 0) is 30.8 Å². The molecule has 0 aliphatic carbocycles. The summed E-state index contributed by atoms with van der Waals surface area (Å²) in [4.78, 5) is 1.18. The van der Waals surface area contributed by atoms with Gasteiger partial charge in [0.1, 0.15) is 11.5 Å². The van der Waals surface area contributed by atoms with Crippen molar-refractivity contribution in [3.05, 3.63) is 45.1 Å². The molecule has 1 aromatic heterocycles. The fourth-order valence-electron chi connectivity index (χ4n) is 1.93. The topological polar surface area (TPSA) is 30.5 Å². The Bertz CT molecular complexity index is 556. The Balaban J connectivity index is 2.33. The number of hydrogen-bond donors (Lipinski definition) is 1. The molecule has 5 heteroatoms. The third-order valence-corrected chi connectivity index (χ3v) is 4.19. The SMILES string of the molecule is CNC(c1ccc(OC)c(Cl)c1)c1cc(OC)cs1.